The minimum Gasteiger partial charge on any atom is -0.493 e. The highest BCUT2D eigenvalue weighted by Crippen LogP contribution is 2.35. The molecule has 5 nitrogen and oxygen atoms in total. The zero-order chi connectivity index (χ0) is 20.2. The second-order valence-electron chi connectivity index (χ2n) is 8.11. The molecule has 2 bridgehead atoms. The Morgan fingerprint density at radius 1 is 1.00 bits per heavy atom. The lowest BCUT2D eigenvalue weighted by Crippen LogP contribution is -2.56. The quantitative estimate of drug-likeness (QED) is 0.804. The minimum atomic E-state index is -0.0365. The second-order valence-corrected chi connectivity index (χ2v) is 8.11. The number of benzene rings is 2. The van der Waals surface area contributed by atoms with Crippen LogP contribution < -0.4 is 14.8 Å². The molecule has 0 spiro atoms. The molecule has 4 rings (SSSR count). The summed E-state index contributed by atoms with van der Waals surface area (Å²) in [6.45, 7) is 1.01. The van der Waals surface area contributed by atoms with Crippen molar-refractivity contribution in [2.75, 3.05) is 14.2 Å². The lowest BCUT2D eigenvalue weighted by atomic mass is 9.81. The average Bonchev–Trinajstić information content (AvgIpc) is 2.74. The Bertz CT molecular complexity index is 825. The molecular weight excluding hydrogens is 364 g/mol. The van der Waals surface area contributed by atoms with E-state index in [0.29, 0.717) is 29.1 Å². The van der Waals surface area contributed by atoms with Gasteiger partial charge in [-0.25, -0.2) is 0 Å². The van der Waals surface area contributed by atoms with Crippen LogP contribution in [0, 0.1) is 0 Å². The normalized spacial score (nSPS) is 24.0. The molecule has 0 radical (unpaired) electrons. The Balaban J connectivity index is 1.42. The van der Waals surface area contributed by atoms with Gasteiger partial charge in [0, 0.05) is 30.2 Å². The summed E-state index contributed by atoms with van der Waals surface area (Å²) >= 11 is 0. The summed E-state index contributed by atoms with van der Waals surface area (Å²) in [5, 5.41) is 3.27. The molecule has 2 atom stereocenters. The summed E-state index contributed by atoms with van der Waals surface area (Å²) in [6.07, 6.45) is 5.75. The van der Waals surface area contributed by atoms with E-state index in [0.717, 1.165) is 19.4 Å². The zero-order valence-electron chi connectivity index (χ0n) is 17.3. The SMILES string of the molecule is COc1ccc(C(=O)NC2C[C@@H]3CCC[C@@H](C2)N3Cc2ccccc2)cc1OC. The molecule has 0 unspecified atom stereocenters. The van der Waals surface area contributed by atoms with Gasteiger partial charge in [-0.15, -0.1) is 0 Å². The molecule has 0 aromatic heterocycles. The fourth-order valence-electron chi connectivity index (χ4n) is 4.89. The third-order valence-corrected chi connectivity index (χ3v) is 6.31. The van der Waals surface area contributed by atoms with Crippen molar-refractivity contribution in [2.24, 2.45) is 0 Å². The van der Waals surface area contributed by atoms with Crippen LogP contribution in [0.25, 0.3) is 0 Å². The number of carbonyl (C=O) groups is 1. The van der Waals surface area contributed by atoms with E-state index in [9.17, 15) is 4.79 Å². The lowest BCUT2D eigenvalue weighted by Gasteiger charge is -2.49. The number of ether oxygens (including phenoxy) is 2. The third-order valence-electron chi connectivity index (χ3n) is 6.31. The summed E-state index contributed by atoms with van der Waals surface area (Å²) in [4.78, 5) is 15.5. The third kappa shape index (κ3) is 4.40. The van der Waals surface area contributed by atoms with Crippen molar-refractivity contribution in [3.63, 3.8) is 0 Å². The Labute approximate surface area is 173 Å². The molecule has 0 saturated carbocycles. The maximum absolute atomic E-state index is 12.9. The second kappa shape index (κ2) is 8.87. The van der Waals surface area contributed by atoms with E-state index in [-0.39, 0.29) is 11.9 Å². The van der Waals surface area contributed by atoms with Crippen LogP contribution in [0.2, 0.25) is 0 Å². The maximum atomic E-state index is 12.9. The van der Waals surface area contributed by atoms with Gasteiger partial charge in [-0.2, -0.15) is 0 Å². The van der Waals surface area contributed by atoms with Gasteiger partial charge in [-0.05, 0) is 49.4 Å². The number of carbonyl (C=O) groups excluding carboxylic acids is 1. The largest absolute Gasteiger partial charge is 0.493 e. The molecule has 0 aliphatic carbocycles. The molecular formula is C24H30N2O3. The number of nitrogens with zero attached hydrogens (tertiary/aromatic N) is 1. The maximum Gasteiger partial charge on any atom is 0.251 e. The van der Waals surface area contributed by atoms with Crippen molar-refractivity contribution >= 4 is 5.91 Å². The van der Waals surface area contributed by atoms with Gasteiger partial charge < -0.3 is 14.8 Å². The highest BCUT2D eigenvalue weighted by molar-refractivity contribution is 5.95. The highest BCUT2D eigenvalue weighted by atomic mass is 16.5. The number of hydrogen-bond acceptors (Lipinski definition) is 4. The van der Waals surface area contributed by atoms with Crippen molar-refractivity contribution in [3.05, 3.63) is 59.7 Å². The fourth-order valence-corrected chi connectivity index (χ4v) is 4.89. The van der Waals surface area contributed by atoms with E-state index in [4.69, 9.17) is 9.47 Å². The lowest BCUT2D eigenvalue weighted by molar-refractivity contribution is 0.0177. The first-order chi connectivity index (χ1) is 14.2. The molecule has 2 aromatic rings. The van der Waals surface area contributed by atoms with E-state index in [2.05, 4.69) is 40.5 Å². The standard InChI is InChI=1S/C24H30N2O3/c1-28-22-12-11-18(13-23(22)29-2)24(27)25-19-14-20-9-6-10-21(15-19)26(20)16-17-7-4-3-5-8-17/h3-5,7-8,11-13,19-21H,6,9-10,14-16H2,1-2H3,(H,25,27)/t20-,21-/m0/s1. The summed E-state index contributed by atoms with van der Waals surface area (Å²) in [7, 11) is 3.18. The molecule has 2 aromatic carbocycles. The molecule has 154 valence electrons. The van der Waals surface area contributed by atoms with E-state index in [1.165, 1.54) is 24.8 Å². The van der Waals surface area contributed by atoms with Crippen LogP contribution in [-0.4, -0.2) is 43.2 Å². The van der Waals surface area contributed by atoms with Crippen LogP contribution in [0.3, 0.4) is 0 Å². The smallest absolute Gasteiger partial charge is 0.251 e. The molecule has 2 saturated heterocycles. The van der Waals surface area contributed by atoms with Gasteiger partial charge in [0.2, 0.25) is 0 Å². The topological polar surface area (TPSA) is 50.8 Å². The number of rotatable bonds is 6. The highest BCUT2D eigenvalue weighted by Gasteiger charge is 2.38. The molecule has 2 heterocycles. The van der Waals surface area contributed by atoms with Gasteiger partial charge in [0.25, 0.3) is 5.91 Å². The number of piperidine rings is 2. The number of amides is 1. The van der Waals surface area contributed by atoms with Crippen LogP contribution in [0.4, 0.5) is 0 Å². The summed E-state index contributed by atoms with van der Waals surface area (Å²) in [6, 6.07) is 17.3. The molecule has 2 aliphatic heterocycles. The molecule has 2 fully saturated rings. The number of methoxy groups -OCH3 is 2. The predicted molar refractivity (Wildman–Crippen MR) is 113 cm³/mol. The van der Waals surface area contributed by atoms with Gasteiger partial charge in [-0.1, -0.05) is 36.8 Å². The van der Waals surface area contributed by atoms with E-state index >= 15 is 0 Å². The number of hydrogen-bond donors (Lipinski definition) is 1. The molecule has 5 heteroatoms. The van der Waals surface area contributed by atoms with Gasteiger partial charge >= 0.3 is 0 Å². The van der Waals surface area contributed by atoms with E-state index < -0.39 is 0 Å². The minimum absolute atomic E-state index is 0.0365. The zero-order valence-corrected chi connectivity index (χ0v) is 17.3. The first-order valence-corrected chi connectivity index (χ1v) is 10.5. The summed E-state index contributed by atoms with van der Waals surface area (Å²) < 4.78 is 10.6. The molecule has 1 amide bonds. The van der Waals surface area contributed by atoms with Crippen LogP contribution in [-0.2, 0) is 6.54 Å². The van der Waals surface area contributed by atoms with Crippen LogP contribution in [0.15, 0.2) is 48.5 Å². The molecule has 1 N–H and O–H groups in total. The first kappa shape index (κ1) is 19.8. The Kier molecular flexibility index (Phi) is 6.05. The Hall–Kier alpha value is -2.53. The van der Waals surface area contributed by atoms with E-state index in [1.54, 1.807) is 32.4 Å². The van der Waals surface area contributed by atoms with E-state index in [1.807, 2.05) is 0 Å². The Morgan fingerprint density at radius 2 is 1.69 bits per heavy atom. The van der Waals surface area contributed by atoms with Gasteiger partial charge in [0.15, 0.2) is 11.5 Å². The summed E-state index contributed by atoms with van der Waals surface area (Å²) in [5.41, 5.74) is 1.98. The van der Waals surface area contributed by atoms with Crippen molar-refractivity contribution in [1.82, 2.24) is 10.2 Å². The number of fused-ring (bicyclic) bond motifs is 2. The average molecular weight is 395 g/mol. The Morgan fingerprint density at radius 3 is 2.34 bits per heavy atom. The van der Waals surface area contributed by atoms with Crippen LogP contribution >= 0.6 is 0 Å². The first-order valence-electron chi connectivity index (χ1n) is 10.5. The molecule has 29 heavy (non-hydrogen) atoms. The fraction of sp³-hybridized carbons (Fsp3) is 0.458. The van der Waals surface area contributed by atoms with Gasteiger partial charge in [0.1, 0.15) is 0 Å². The van der Waals surface area contributed by atoms with Crippen LogP contribution in [0.5, 0.6) is 11.5 Å². The predicted octanol–water partition coefficient (Wildman–Crippen LogP) is 4.02. The van der Waals surface area contributed by atoms with Crippen LogP contribution in [0.1, 0.15) is 48.0 Å². The van der Waals surface area contributed by atoms with Gasteiger partial charge in [-0.3, -0.25) is 9.69 Å². The van der Waals surface area contributed by atoms with Crippen molar-refractivity contribution < 1.29 is 14.3 Å². The molecule has 2 aliphatic rings. The van der Waals surface area contributed by atoms with Gasteiger partial charge in [0.05, 0.1) is 14.2 Å². The monoisotopic (exact) mass is 394 g/mol. The summed E-state index contributed by atoms with van der Waals surface area (Å²) in [5.74, 6) is 1.17. The van der Waals surface area contributed by atoms with Crippen molar-refractivity contribution in [1.29, 1.82) is 0 Å². The van der Waals surface area contributed by atoms with Crippen molar-refractivity contribution in [3.8, 4) is 11.5 Å². The van der Waals surface area contributed by atoms with Crippen molar-refractivity contribution in [2.45, 2.75) is 56.8 Å². The number of nitrogens with one attached hydrogen (secondary N) is 1.